The van der Waals surface area contributed by atoms with Crippen LogP contribution >= 0.6 is 0 Å². The monoisotopic (exact) mass is 263 g/mol. The highest BCUT2D eigenvalue weighted by Gasteiger charge is 2.24. The average Bonchev–Trinajstić information content (AvgIpc) is 3.08. The van der Waals surface area contributed by atoms with E-state index in [9.17, 15) is 9.18 Å². The Labute approximate surface area is 109 Å². The van der Waals surface area contributed by atoms with Crippen LogP contribution in [0.4, 0.5) is 10.3 Å². The highest BCUT2D eigenvalue weighted by molar-refractivity contribution is 5.79. The molecule has 6 heteroatoms. The number of hydrogen-bond acceptors (Lipinski definition) is 3. The van der Waals surface area contributed by atoms with E-state index < -0.39 is 5.97 Å². The molecule has 1 aromatic heterocycles. The van der Waals surface area contributed by atoms with Crippen molar-refractivity contribution in [1.82, 2.24) is 9.55 Å². The van der Waals surface area contributed by atoms with Crippen LogP contribution in [-0.4, -0.2) is 26.7 Å². The van der Waals surface area contributed by atoms with Crippen LogP contribution in [0.25, 0.3) is 11.0 Å². The minimum atomic E-state index is -0.860. The fourth-order valence-electron chi connectivity index (χ4n) is 2.06. The molecule has 19 heavy (non-hydrogen) atoms. The van der Waals surface area contributed by atoms with Crippen molar-refractivity contribution in [3.63, 3.8) is 0 Å². The van der Waals surface area contributed by atoms with Crippen LogP contribution in [0.1, 0.15) is 19.3 Å². The van der Waals surface area contributed by atoms with E-state index in [1.165, 1.54) is 12.1 Å². The Morgan fingerprint density at radius 2 is 2.32 bits per heavy atom. The number of rotatable bonds is 5. The summed E-state index contributed by atoms with van der Waals surface area (Å²) in [4.78, 5) is 15.1. The number of carboxylic acid groups (broad SMARTS) is 1. The van der Waals surface area contributed by atoms with Gasteiger partial charge in [0.05, 0.1) is 17.5 Å². The van der Waals surface area contributed by atoms with Crippen LogP contribution in [0.15, 0.2) is 18.2 Å². The predicted octanol–water partition coefficient (Wildman–Crippen LogP) is 2.22. The molecular formula is C13H14FN3O2. The molecule has 3 rings (SSSR count). The normalized spacial score (nSPS) is 14.8. The summed E-state index contributed by atoms with van der Waals surface area (Å²) in [6.45, 7) is 0.326. The van der Waals surface area contributed by atoms with E-state index in [1.807, 2.05) is 0 Å². The number of aryl methyl sites for hydroxylation is 1. The van der Waals surface area contributed by atoms with Crippen molar-refractivity contribution in [2.24, 2.45) is 0 Å². The van der Waals surface area contributed by atoms with Gasteiger partial charge in [-0.15, -0.1) is 0 Å². The van der Waals surface area contributed by atoms with Crippen molar-refractivity contribution in [3.8, 4) is 0 Å². The van der Waals surface area contributed by atoms with E-state index in [-0.39, 0.29) is 12.2 Å². The third-order valence-corrected chi connectivity index (χ3v) is 3.17. The minimum absolute atomic E-state index is 0.0161. The first-order valence-corrected chi connectivity index (χ1v) is 6.27. The van der Waals surface area contributed by atoms with E-state index in [4.69, 9.17) is 5.11 Å². The van der Waals surface area contributed by atoms with Crippen LogP contribution in [0.2, 0.25) is 0 Å². The smallest absolute Gasteiger partial charge is 0.305 e. The van der Waals surface area contributed by atoms with Crippen molar-refractivity contribution >= 4 is 23.0 Å². The Morgan fingerprint density at radius 3 is 3.00 bits per heavy atom. The lowest BCUT2D eigenvalue weighted by Gasteiger charge is -2.08. The van der Waals surface area contributed by atoms with Crippen molar-refractivity contribution in [2.75, 3.05) is 5.32 Å². The third kappa shape index (κ3) is 2.52. The van der Waals surface area contributed by atoms with Crippen molar-refractivity contribution in [3.05, 3.63) is 24.0 Å². The van der Waals surface area contributed by atoms with E-state index in [0.29, 0.717) is 24.1 Å². The summed E-state index contributed by atoms with van der Waals surface area (Å²) in [7, 11) is 0. The number of aromatic nitrogens is 2. The van der Waals surface area contributed by atoms with Gasteiger partial charge in [-0.1, -0.05) is 0 Å². The largest absolute Gasteiger partial charge is 0.481 e. The van der Waals surface area contributed by atoms with Crippen LogP contribution in [0.5, 0.6) is 0 Å². The van der Waals surface area contributed by atoms with Gasteiger partial charge in [-0.2, -0.15) is 0 Å². The standard InChI is InChI=1S/C13H14FN3O2/c14-8-1-4-11-10(7-8)16-13(15-9-2-3-9)17(11)6-5-12(18)19/h1,4,7,9H,2-3,5-6H2,(H,15,16)(H,18,19). The number of aliphatic carboxylic acids is 1. The molecule has 1 aliphatic carbocycles. The SMILES string of the molecule is O=C(O)CCn1c(NC2CC2)nc2cc(F)ccc21. The zero-order valence-corrected chi connectivity index (χ0v) is 10.3. The number of halogens is 1. The summed E-state index contributed by atoms with van der Waals surface area (Å²) in [6.07, 6.45) is 2.20. The summed E-state index contributed by atoms with van der Waals surface area (Å²) < 4.78 is 15.0. The molecule has 1 aliphatic rings. The van der Waals surface area contributed by atoms with Gasteiger partial charge in [0.1, 0.15) is 5.82 Å². The van der Waals surface area contributed by atoms with Crippen molar-refractivity contribution < 1.29 is 14.3 Å². The Kier molecular flexibility index (Phi) is 2.85. The minimum Gasteiger partial charge on any atom is -0.481 e. The zero-order valence-electron chi connectivity index (χ0n) is 10.3. The molecule has 100 valence electrons. The first-order valence-electron chi connectivity index (χ1n) is 6.27. The fourth-order valence-corrected chi connectivity index (χ4v) is 2.06. The maximum absolute atomic E-state index is 13.2. The van der Waals surface area contributed by atoms with Gasteiger partial charge in [0.25, 0.3) is 0 Å². The maximum Gasteiger partial charge on any atom is 0.305 e. The highest BCUT2D eigenvalue weighted by atomic mass is 19.1. The Morgan fingerprint density at radius 1 is 1.53 bits per heavy atom. The summed E-state index contributed by atoms with van der Waals surface area (Å²) in [5.74, 6) is -0.570. The van der Waals surface area contributed by atoms with Gasteiger partial charge in [0.2, 0.25) is 5.95 Å². The van der Waals surface area contributed by atoms with Gasteiger partial charge in [-0.3, -0.25) is 4.79 Å². The Hall–Kier alpha value is -2.11. The Balaban J connectivity index is 1.99. The molecule has 0 saturated heterocycles. The number of fused-ring (bicyclic) bond motifs is 1. The molecule has 2 N–H and O–H groups in total. The summed E-state index contributed by atoms with van der Waals surface area (Å²) >= 11 is 0. The van der Waals surface area contributed by atoms with Crippen molar-refractivity contribution in [1.29, 1.82) is 0 Å². The average molecular weight is 263 g/mol. The highest BCUT2D eigenvalue weighted by Crippen LogP contribution is 2.27. The van der Waals surface area contributed by atoms with E-state index in [0.717, 1.165) is 18.4 Å². The van der Waals surface area contributed by atoms with E-state index in [1.54, 1.807) is 10.6 Å². The van der Waals surface area contributed by atoms with Gasteiger partial charge in [0, 0.05) is 18.7 Å². The van der Waals surface area contributed by atoms with Gasteiger partial charge in [-0.25, -0.2) is 9.37 Å². The molecule has 0 amide bonds. The molecule has 0 radical (unpaired) electrons. The van der Waals surface area contributed by atoms with E-state index in [2.05, 4.69) is 10.3 Å². The summed E-state index contributed by atoms with van der Waals surface area (Å²) in [5, 5.41) is 12.1. The Bertz CT molecular complexity index is 634. The number of carboxylic acids is 1. The first kappa shape index (κ1) is 12.0. The van der Waals surface area contributed by atoms with Crippen LogP contribution in [0, 0.1) is 5.82 Å². The second-order valence-electron chi connectivity index (χ2n) is 4.78. The van der Waals surface area contributed by atoms with E-state index >= 15 is 0 Å². The van der Waals surface area contributed by atoms with Crippen LogP contribution < -0.4 is 5.32 Å². The van der Waals surface area contributed by atoms with Crippen molar-refractivity contribution in [2.45, 2.75) is 31.8 Å². The number of carbonyl (C=O) groups is 1. The van der Waals surface area contributed by atoms with Gasteiger partial charge < -0.3 is 15.0 Å². The first-order chi connectivity index (χ1) is 9.13. The number of imidazole rings is 1. The molecule has 0 spiro atoms. The molecule has 0 unspecified atom stereocenters. The van der Waals surface area contributed by atoms with Crippen LogP contribution in [-0.2, 0) is 11.3 Å². The fraction of sp³-hybridized carbons (Fsp3) is 0.385. The maximum atomic E-state index is 13.2. The quantitative estimate of drug-likeness (QED) is 0.868. The molecule has 0 bridgehead atoms. The molecule has 5 nitrogen and oxygen atoms in total. The summed E-state index contributed by atoms with van der Waals surface area (Å²) in [6, 6.07) is 4.77. The molecule has 2 aromatic rings. The second-order valence-corrected chi connectivity index (χ2v) is 4.78. The van der Waals surface area contributed by atoms with Gasteiger partial charge in [0.15, 0.2) is 0 Å². The molecule has 1 fully saturated rings. The predicted molar refractivity (Wildman–Crippen MR) is 68.6 cm³/mol. The number of anilines is 1. The molecule has 1 aromatic carbocycles. The number of nitrogens with one attached hydrogen (secondary N) is 1. The third-order valence-electron chi connectivity index (χ3n) is 3.17. The zero-order chi connectivity index (χ0) is 13.4. The molecule has 0 aliphatic heterocycles. The van der Waals surface area contributed by atoms with Gasteiger partial charge >= 0.3 is 5.97 Å². The lowest BCUT2D eigenvalue weighted by molar-refractivity contribution is -0.137. The topological polar surface area (TPSA) is 67.2 Å². The lowest BCUT2D eigenvalue weighted by Crippen LogP contribution is -2.11. The second kappa shape index (κ2) is 4.53. The molecule has 0 atom stereocenters. The molecular weight excluding hydrogens is 249 g/mol. The molecule has 1 heterocycles. The molecule has 1 saturated carbocycles. The number of benzene rings is 1. The lowest BCUT2D eigenvalue weighted by atomic mass is 10.3. The van der Waals surface area contributed by atoms with Gasteiger partial charge in [-0.05, 0) is 25.0 Å². The number of hydrogen-bond donors (Lipinski definition) is 2. The number of nitrogens with zero attached hydrogens (tertiary/aromatic N) is 2. The summed E-state index contributed by atoms with van der Waals surface area (Å²) in [5.41, 5.74) is 1.30. The van der Waals surface area contributed by atoms with Crippen LogP contribution in [0.3, 0.4) is 0 Å².